The Balaban J connectivity index is 1.72. The Hall–Kier alpha value is -1.11. The zero-order chi connectivity index (χ0) is 16.8. The molecule has 0 bridgehead atoms. The summed E-state index contributed by atoms with van der Waals surface area (Å²) in [5.74, 6) is 1.05. The zero-order valence-electron chi connectivity index (χ0n) is 14.3. The van der Waals surface area contributed by atoms with Crippen LogP contribution in [0.25, 0.3) is 0 Å². The van der Waals surface area contributed by atoms with Crippen molar-refractivity contribution in [3.8, 4) is 5.75 Å². The van der Waals surface area contributed by atoms with Gasteiger partial charge in [-0.1, -0.05) is 12.1 Å². The lowest BCUT2D eigenvalue weighted by atomic mass is 9.79. The monoisotopic (exact) mass is 350 g/mol. The first-order valence-electron chi connectivity index (χ1n) is 8.89. The number of likely N-dealkylation sites (tertiary alicyclic amines) is 1. The Morgan fingerprint density at radius 1 is 1.21 bits per heavy atom. The van der Waals surface area contributed by atoms with Gasteiger partial charge in [-0.25, -0.2) is 8.42 Å². The molecule has 1 aromatic rings. The molecule has 1 aromatic carbocycles. The van der Waals surface area contributed by atoms with Gasteiger partial charge in [0.2, 0.25) is 10.0 Å². The molecule has 0 atom stereocenters. The number of rotatable bonds is 2. The molecule has 1 aliphatic carbocycles. The van der Waals surface area contributed by atoms with E-state index in [1.54, 1.807) is 22.5 Å². The molecule has 2 heterocycles. The summed E-state index contributed by atoms with van der Waals surface area (Å²) in [5, 5.41) is 0. The van der Waals surface area contributed by atoms with Crippen LogP contribution in [0.2, 0.25) is 0 Å². The van der Waals surface area contributed by atoms with E-state index in [4.69, 9.17) is 4.74 Å². The van der Waals surface area contributed by atoms with Crippen LogP contribution in [0.5, 0.6) is 5.75 Å². The summed E-state index contributed by atoms with van der Waals surface area (Å²) in [6.07, 6.45) is 4.28. The fourth-order valence-electron chi connectivity index (χ4n) is 3.80. The van der Waals surface area contributed by atoms with Gasteiger partial charge in [0.1, 0.15) is 10.6 Å². The first kappa shape index (κ1) is 16.4. The average Bonchev–Trinajstić information content (AvgIpc) is 3.39. The number of para-hydroxylation sites is 1. The van der Waals surface area contributed by atoms with E-state index in [9.17, 15) is 8.42 Å². The van der Waals surface area contributed by atoms with Gasteiger partial charge >= 0.3 is 0 Å². The molecule has 24 heavy (non-hydrogen) atoms. The van der Waals surface area contributed by atoms with Crippen LogP contribution in [0.4, 0.5) is 0 Å². The predicted octanol–water partition coefficient (Wildman–Crippen LogP) is 2.19. The summed E-state index contributed by atoms with van der Waals surface area (Å²) in [4.78, 5) is 2.64. The molecule has 1 saturated heterocycles. The summed E-state index contributed by atoms with van der Waals surface area (Å²) >= 11 is 0. The first-order chi connectivity index (χ1) is 11.5. The van der Waals surface area contributed by atoms with Crippen molar-refractivity contribution in [3.05, 3.63) is 24.3 Å². The Morgan fingerprint density at radius 2 is 1.92 bits per heavy atom. The van der Waals surface area contributed by atoms with E-state index in [0.29, 0.717) is 36.3 Å². The molecule has 2 fully saturated rings. The van der Waals surface area contributed by atoms with Gasteiger partial charge in [0.15, 0.2) is 0 Å². The highest BCUT2D eigenvalue weighted by Gasteiger charge is 2.43. The maximum Gasteiger partial charge on any atom is 0.246 e. The molecule has 2 aliphatic heterocycles. The number of hydrogen-bond acceptors (Lipinski definition) is 4. The van der Waals surface area contributed by atoms with Gasteiger partial charge in [-0.2, -0.15) is 4.31 Å². The molecule has 0 amide bonds. The van der Waals surface area contributed by atoms with E-state index < -0.39 is 10.0 Å². The quantitative estimate of drug-likeness (QED) is 0.820. The van der Waals surface area contributed by atoms with Crippen LogP contribution in [0, 0.1) is 11.3 Å². The summed E-state index contributed by atoms with van der Waals surface area (Å²) in [6.45, 7) is 3.86. The number of ether oxygens (including phenoxy) is 1. The lowest BCUT2D eigenvalue weighted by Gasteiger charge is -2.44. The van der Waals surface area contributed by atoms with E-state index in [1.807, 2.05) is 6.07 Å². The Kier molecular flexibility index (Phi) is 4.09. The lowest BCUT2D eigenvalue weighted by molar-refractivity contribution is 0.0425. The number of hydrogen-bond donors (Lipinski definition) is 0. The van der Waals surface area contributed by atoms with E-state index in [1.165, 1.54) is 0 Å². The van der Waals surface area contributed by atoms with Crippen molar-refractivity contribution in [1.29, 1.82) is 0 Å². The van der Waals surface area contributed by atoms with Gasteiger partial charge in [-0.15, -0.1) is 0 Å². The van der Waals surface area contributed by atoms with E-state index in [-0.39, 0.29) is 5.41 Å². The third kappa shape index (κ3) is 3.07. The van der Waals surface area contributed by atoms with Crippen molar-refractivity contribution in [2.45, 2.75) is 30.6 Å². The van der Waals surface area contributed by atoms with Crippen molar-refractivity contribution in [2.24, 2.45) is 11.3 Å². The molecule has 0 unspecified atom stereocenters. The Morgan fingerprint density at radius 3 is 2.62 bits per heavy atom. The SMILES string of the molecule is CN1CCC2(CC1)COc1ccccc1S(=O)(=O)N(CC1CC1)C2. The fourth-order valence-corrected chi connectivity index (χ4v) is 5.56. The summed E-state index contributed by atoms with van der Waals surface area (Å²) in [5.41, 5.74) is -0.0675. The molecule has 0 N–H and O–H groups in total. The van der Waals surface area contributed by atoms with Crippen molar-refractivity contribution in [2.75, 3.05) is 39.8 Å². The van der Waals surface area contributed by atoms with Crippen LogP contribution in [0.1, 0.15) is 25.7 Å². The maximum absolute atomic E-state index is 13.3. The lowest BCUT2D eigenvalue weighted by Crippen LogP contribution is -2.51. The van der Waals surface area contributed by atoms with E-state index >= 15 is 0 Å². The third-order valence-electron chi connectivity index (χ3n) is 5.72. The minimum atomic E-state index is -3.49. The van der Waals surface area contributed by atoms with E-state index in [2.05, 4.69) is 11.9 Å². The van der Waals surface area contributed by atoms with E-state index in [0.717, 1.165) is 38.8 Å². The summed E-state index contributed by atoms with van der Waals surface area (Å²) in [7, 11) is -1.36. The Labute approximate surface area is 144 Å². The fraction of sp³-hybridized carbons (Fsp3) is 0.667. The Bertz CT molecular complexity index is 707. The molecular formula is C18H26N2O3S. The molecule has 5 nitrogen and oxygen atoms in total. The van der Waals surface area contributed by atoms with Gasteiger partial charge in [-0.05, 0) is 63.9 Å². The van der Waals surface area contributed by atoms with Crippen molar-refractivity contribution >= 4 is 10.0 Å². The smallest absolute Gasteiger partial charge is 0.246 e. The second kappa shape index (κ2) is 6.00. The highest BCUT2D eigenvalue weighted by Crippen LogP contribution is 2.41. The van der Waals surface area contributed by atoms with Crippen molar-refractivity contribution in [1.82, 2.24) is 9.21 Å². The topological polar surface area (TPSA) is 49.9 Å². The van der Waals surface area contributed by atoms with Gasteiger partial charge < -0.3 is 9.64 Å². The third-order valence-corrected chi connectivity index (χ3v) is 7.57. The van der Waals surface area contributed by atoms with Crippen LogP contribution < -0.4 is 4.74 Å². The van der Waals surface area contributed by atoms with Crippen LogP contribution in [-0.4, -0.2) is 57.5 Å². The van der Waals surface area contributed by atoms with Gasteiger partial charge in [-0.3, -0.25) is 0 Å². The van der Waals surface area contributed by atoms with Crippen LogP contribution in [-0.2, 0) is 10.0 Å². The number of nitrogens with zero attached hydrogens (tertiary/aromatic N) is 2. The molecular weight excluding hydrogens is 324 g/mol. The highest BCUT2D eigenvalue weighted by molar-refractivity contribution is 7.89. The van der Waals surface area contributed by atoms with Crippen molar-refractivity contribution in [3.63, 3.8) is 0 Å². The minimum absolute atomic E-state index is 0.0675. The maximum atomic E-state index is 13.3. The molecule has 0 aromatic heterocycles. The van der Waals surface area contributed by atoms with Gasteiger partial charge in [0.25, 0.3) is 0 Å². The molecule has 132 valence electrons. The molecule has 6 heteroatoms. The zero-order valence-corrected chi connectivity index (χ0v) is 15.1. The largest absolute Gasteiger partial charge is 0.492 e. The van der Waals surface area contributed by atoms with Gasteiger partial charge in [0, 0.05) is 18.5 Å². The van der Waals surface area contributed by atoms with Crippen LogP contribution in [0.3, 0.4) is 0 Å². The first-order valence-corrected chi connectivity index (χ1v) is 10.3. The standard InChI is InChI=1S/C18H26N2O3S/c1-19-10-8-18(9-11-19)13-20(12-15-6-7-15)24(21,22)17-5-3-2-4-16(17)23-14-18/h2-5,15H,6-14H2,1H3. The average molecular weight is 350 g/mol. The van der Waals surface area contributed by atoms with Crippen LogP contribution >= 0.6 is 0 Å². The number of fused-ring (bicyclic) bond motifs is 1. The number of sulfonamides is 1. The molecule has 1 spiro atoms. The molecule has 1 saturated carbocycles. The number of piperidine rings is 1. The second-order valence-electron chi connectivity index (χ2n) is 7.78. The van der Waals surface area contributed by atoms with Crippen molar-refractivity contribution < 1.29 is 13.2 Å². The normalized spacial score (nSPS) is 27.0. The predicted molar refractivity (Wildman–Crippen MR) is 92.6 cm³/mol. The summed E-state index contributed by atoms with van der Waals surface area (Å²) in [6, 6.07) is 7.10. The van der Waals surface area contributed by atoms with Gasteiger partial charge in [0.05, 0.1) is 6.61 Å². The highest BCUT2D eigenvalue weighted by atomic mass is 32.2. The minimum Gasteiger partial charge on any atom is -0.492 e. The molecule has 0 radical (unpaired) electrons. The summed E-state index contributed by atoms with van der Waals surface area (Å²) < 4.78 is 34.3. The number of benzene rings is 1. The van der Waals surface area contributed by atoms with Crippen LogP contribution in [0.15, 0.2) is 29.2 Å². The molecule has 3 aliphatic rings. The molecule has 4 rings (SSSR count). The second-order valence-corrected chi connectivity index (χ2v) is 9.69.